The first kappa shape index (κ1) is 18.8. The van der Waals surface area contributed by atoms with Crippen molar-refractivity contribution in [1.82, 2.24) is 25.0 Å². The molecule has 0 radical (unpaired) electrons. The maximum atomic E-state index is 4.62. The van der Waals surface area contributed by atoms with Crippen molar-refractivity contribution in [3.8, 4) is 11.3 Å². The highest BCUT2D eigenvalue weighted by Crippen LogP contribution is 2.21. The van der Waals surface area contributed by atoms with Crippen molar-refractivity contribution >= 4 is 0 Å². The molecule has 1 fully saturated rings. The molecule has 1 saturated heterocycles. The van der Waals surface area contributed by atoms with Crippen LogP contribution in [0.5, 0.6) is 0 Å². The van der Waals surface area contributed by atoms with Gasteiger partial charge in [0.15, 0.2) is 0 Å². The summed E-state index contributed by atoms with van der Waals surface area (Å²) in [6, 6.07) is 13.1. The Labute approximate surface area is 167 Å². The number of rotatable bonds is 7. The molecule has 0 unspecified atom stereocenters. The van der Waals surface area contributed by atoms with Crippen molar-refractivity contribution in [2.24, 2.45) is 7.05 Å². The maximum Gasteiger partial charge on any atom is 0.0969 e. The van der Waals surface area contributed by atoms with E-state index < -0.39 is 0 Å². The molecule has 0 aliphatic carbocycles. The predicted octanol–water partition coefficient (Wildman–Crippen LogP) is 3.76. The molecular weight excluding hydrogens is 346 g/mol. The first-order valence-electron chi connectivity index (χ1n) is 10.2. The summed E-state index contributed by atoms with van der Waals surface area (Å²) in [6.07, 6.45) is 9.79. The highest BCUT2D eigenvalue weighted by molar-refractivity contribution is 5.61. The Bertz CT molecular complexity index is 864. The van der Waals surface area contributed by atoms with Crippen molar-refractivity contribution in [2.45, 2.75) is 38.9 Å². The molecule has 1 N–H and O–H groups in total. The molecule has 1 aliphatic rings. The summed E-state index contributed by atoms with van der Waals surface area (Å²) in [5.41, 5.74) is 6.06. The molecule has 146 valence electrons. The van der Waals surface area contributed by atoms with E-state index in [0.29, 0.717) is 0 Å². The number of hydrogen-bond donors (Lipinski definition) is 1. The lowest BCUT2D eigenvalue weighted by Crippen LogP contribution is -2.29. The molecule has 0 amide bonds. The van der Waals surface area contributed by atoms with Gasteiger partial charge in [-0.2, -0.15) is 5.10 Å². The molecule has 0 atom stereocenters. The van der Waals surface area contributed by atoms with Gasteiger partial charge in [-0.05, 0) is 49.2 Å². The fraction of sp³-hybridized carbons (Fsp3) is 0.391. The Morgan fingerprint density at radius 2 is 1.61 bits per heavy atom. The number of aryl methyl sites for hydroxylation is 1. The van der Waals surface area contributed by atoms with Gasteiger partial charge in [0.25, 0.3) is 0 Å². The maximum absolute atomic E-state index is 4.62. The second-order valence-electron chi connectivity index (χ2n) is 7.67. The van der Waals surface area contributed by atoms with Crippen LogP contribution in [0.3, 0.4) is 0 Å². The second kappa shape index (κ2) is 9.13. The number of nitrogens with zero attached hydrogens (tertiary/aromatic N) is 4. The predicted molar refractivity (Wildman–Crippen MR) is 113 cm³/mol. The number of likely N-dealkylation sites (tertiary alicyclic amines) is 1. The van der Waals surface area contributed by atoms with Gasteiger partial charge in [-0.1, -0.05) is 30.7 Å². The normalized spacial score (nSPS) is 15.0. The summed E-state index contributed by atoms with van der Waals surface area (Å²) >= 11 is 0. The number of pyridine rings is 1. The van der Waals surface area contributed by atoms with Crippen LogP contribution in [-0.4, -0.2) is 32.8 Å². The fourth-order valence-corrected chi connectivity index (χ4v) is 3.90. The zero-order valence-corrected chi connectivity index (χ0v) is 16.6. The molecule has 4 rings (SSSR count). The Morgan fingerprint density at radius 3 is 2.36 bits per heavy atom. The average molecular weight is 376 g/mol. The highest BCUT2D eigenvalue weighted by Gasteiger charge is 2.11. The minimum absolute atomic E-state index is 0.793. The molecule has 2 aromatic heterocycles. The summed E-state index contributed by atoms with van der Waals surface area (Å²) in [6.45, 7) is 5.22. The lowest BCUT2D eigenvalue weighted by atomic mass is 10.1. The van der Waals surface area contributed by atoms with Gasteiger partial charge in [-0.25, -0.2) is 0 Å². The van der Waals surface area contributed by atoms with E-state index in [1.165, 1.54) is 49.0 Å². The van der Waals surface area contributed by atoms with E-state index in [4.69, 9.17) is 0 Å². The number of hydrogen-bond acceptors (Lipinski definition) is 4. The van der Waals surface area contributed by atoms with Gasteiger partial charge in [0, 0.05) is 56.4 Å². The van der Waals surface area contributed by atoms with Crippen LogP contribution in [-0.2, 0) is 26.7 Å². The first-order chi connectivity index (χ1) is 13.8. The van der Waals surface area contributed by atoms with Crippen molar-refractivity contribution < 1.29 is 0 Å². The number of nitrogens with one attached hydrogen (secondary N) is 1. The van der Waals surface area contributed by atoms with Gasteiger partial charge >= 0.3 is 0 Å². The van der Waals surface area contributed by atoms with Crippen LogP contribution >= 0.6 is 0 Å². The molecule has 5 nitrogen and oxygen atoms in total. The minimum Gasteiger partial charge on any atom is -0.308 e. The average Bonchev–Trinajstić information content (AvgIpc) is 3.11. The lowest BCUT2D eigenvalue weighted by Gasteiger charge is -2.26. The van der Waals surface area contributed by atoms with Crippen LogP contribution in [0.25, 0.3) is 11.3 Å². The standard InChI is InChI=1S/C23H29N5/c1-27-18-22(23(26-27)21-9-11-24-12-10-21)16-25-15-19-5-7-20(8-6-19)17-28-13-3-2-4-14-28/h5-12,18,25H,2-4,13-17H2,1H3. The SMILES string of the molecule is Cn1cc(CNCc2ccc(CN3CCCCC3)cc2)c(-c2ccncc2)n1. The Kier molecular flexibility index (Phi) is 6.14. The van der Waals surface area contributed by atoms with Crippen molar-refractivity contribution in [1.29, 1.82) is 0 Å². The van der Waals surface area contributed by atoms with Crippen molar-refractivity contribution in [3.63, 3.8) is 0 Å². The summed E-state index contributed by atoms with van der Waals surface area (Å²) in [5.74, 6) is 0. The topological polar surface area (TPSA) is 46.0 Å². The van der Waals surface area contributed by atoms with Gasteiger partial charge < -0.3 is 5.32 Å². The van der Waals surface area contributed by atoms with E-state index in [0.717, 1.165) is 30.9 Å². The summed E-state index contributed by atoms with van der Waals surface area (Å²) in [7, 11) is 1.97. The van der Waals surface area contributed by atoms with Crippen molar-refractivity contribution in [3.05, 3.63) is 71.7 Å². The summed E-state index contributed by atoms with van der Waals surface area (Å²) < 4.78 is 1.88. The third-order valence-corrected chi connectivity index (χ3v) is 5.38. The van der Waals surface area contributed by atoms with Crippen molar-refractivity contribution in [2.75, 3.05) is 13.1 Å². The zero-order chi connectivity index (χ0) is 19.2. The molecule has 3 heterocycles. The summed E-state index contributed by atoms with van der Waals surface area (Å²) in [5, 5.41) is 8.18. The van der Waals surface area contributed by atoms with Crippen LogP contribution in [0.15, 0.2) is 55.0 Å². The van der Waals surface area contributed by atoms with Gasteiger partial charge in [-0.15, -0.1) is 0 Å². The van der Waals surface area contributed by atoms with Gasteiger partial charge in [0.05, 0.1) is 5.69 Å². The van der Waals surface area contributed by atoms with E-state index in [-0.39, 0.29) is 0 Å². The van der Waals surface area contributed by atoms with Gasteiger partial charge in [0.1, 0.15) is 0 Å². The number of aromatic nitrogens is 3. The molecular formula is C23H29N5. The van der Waals surface area contributed by atoms with E-state index in [1.54, 1.807) is 0 Å². The molecule has 0 spiro atoms. The van der Waals surface area contributed by atoms with Gasteiger partial charge in [0.2, 0.25) is 0 Å². The Hall–Kier alpha value is -2.50. The molecule has 0 bridgehead atoms. The molecule has 28 heavy (non-hydrogen) atoms. The van der Waals surface area contributed by atoms with E-state index in [9.17, 15) is 0 Å². The zero-order valence-electron chi connectivity index (χ0n) is 16.6. The smallest absolute Gasteiger partial charge is 0.0969 e. The largest absolute Gasteiger partial charge is 0.308 e. The Balaban J connectivity index is 1.32. The first-order valence-corrected chi connectivity index (χ1v) is 10.2. The highest BCUT2D eigenvalue weighted by atomic mass is 15.3. The third-order valence-electron chi connectivity index (χ3n) is 5.38. The monoisotopic (exact) mass is 375 g/mol. The molecule has 1 aliphatic heterocycles. The number of piperidine rings is 1. The molecule has 3 aromatic rings. The lowest BCUT2D eigenvalue weighted by molar-refractivity contribution is 0.221. The molecule has 5 heteroatoms. The Morgan fingerprint density at radius 1 is 0.893 bits per heavy atom. The fourth-order valence-electron chi connectivity index (χ4n) is 3.90. The van der Waals surface area contributed by atoms with Crippen LogP contribution in [0.1, 0.15) is 36.0 Å². The molecule has 1 aromatic carbocycles. The third kappa shape index (κ3) is 4.86. The van der Waals surface area contributed by atoms with E-state index >= 15 is 0 Å². The van der Waals surface area contributed by atoms with Crippen LogP contribution in [0.4, 0.5) is 0 Å². The quantitative estimate of drug-likeness (QED) is 0.683. The van der Waals surface area contributed by atoms with E-state index in [2.05, 4.69) is 50.8 Å². The summed E-state index contributed by atoms with van der Waals surface area (Å²) in [4.78, 5) is 6.67. The second-order valence-corrected chi connectivity index (χ2v) is 7.67. The van der Waals surface area contributed by atoms with E-state index in [1.807, 2.05) is 36.3 Å². The minimum atomic E-state index is 0.793. The van der Waals surface area contributed by atoms with Gasteiger partial charge in [-0.3, -0.25) is 14.6 Å². The van der Waals surface area contributed by atoms with Crippen LogP contribution in [0, 0.1) is 0 Å². The van der Waals surface area contributed by atoms with Crippen LogP contribution in [0.2, 0.25) is 0 Å². The molecule has 0 saturated carbocycles. The number of benzene rings is 1. The van der Waals surface area contributed by atoms with Crippen LogP contribution < -0.4 is 5.32 Å².